The number of nitrogens with one attached hydrogen (secondary N) is 1. The Morgan fingerprint density at radius 3 is 2.32 bits per heavy atom. The van der Waals surface area contributed by atoms with Gasteiger partial charge < -0.3 is 9.73 Å². The van der Waals surface area contributed by atoms with Gasteiger partial charge >= 0.3 is 6.01 Å². The van der Waals surface area contributed by atoms with Crippen LogP contribution in [0, 0.1) is 0 Å². The zero-order valence-corrected chi connectivity index (χ0v) is 18.6. The zero-order valence-electron chi connectivity index (χ0n) is 17.8. The highest BCUT2D eigenvalue weighted by atomic mass is 32.2. The Balaban J connectivity index is 1.45. The number of nitrogens with two attached hydrogens (primary N) is 1. The molecule has 1 atom stereocenters. The fraction of sp³-hybridized carbons (Fsp3) is 0.0833. The van der Waals surface area contributed by atoms with Crippen molar-refractivity contribution in [2.45, 2.75) is 17.5 Å². The lowest BCUT2D eigenvalue weighted by Crippen LogP contribution is -2.29. The van der Waals surface area contributed by atoms with Gasteiger partial charge in [0.2, 0.25) is 15.9 Å². The molecule has 1 aliphatic heterocycles. The number of benzene rings is 3. The van der Waals surface area contributed by atoms with Crippen molar-refractivity contribution in [2.24, 2.45) is 10.1 Å². The molecule has 3 aromatic carbocycles. The van der Waals surface area contributed by atoms with Crippen molar-refractivity contribution in [3.8, 4) is 11.5 Å². The summed E-state index contributed by atoms with van der Waals surface area (Å²) >= 11 is 0. The van der Waals surface area contributed by atoms with E-state index in [0.717, 1.165) is 16.7 Å². The van der Waals surface area contributed by atoms with Gasteiger partial charge in [-0.3, -0.25) is 9.79 Å². The summed E-state index contributed by atoms with van der Waals surface area (Å²) in [6.07, 6.45) is -0.732. The SMILES string of the molecule is NS(=O)(=O)c1ccc(-c2nnc(NC3N=C(c4ccccc4)c4ccccc4CC3=O)o2)cc1. The number of aromatic nitrogens is 2. The van der Waals surface area contributed by atoms with E-state index in [0.29, 0.717) is 11.3 Å². The van der Waals surface area contributed by atoms with Crippen molar-refractivity contribution in [1.29, 1.82) is 0 Å². The second kappa shape index (κ2) is 8.65. The average molecular weight is 474 g/mol. The first-order valence-corrected chi connectivity index (χ1v) is 11.9. The van der Waals surface area contributed by atoms with Gasteiger partial charge in [-0.15, -0.1) is 5.10 Å². The van der Waals surface area contributed by atoms with Crippen molar-refractivity contribution < 1.29 is 17.6 Å². The Labute approximate surface area is 195 Å². The number of Topliss-reactive ketones (excluding diaryl/α,β-unsaturated/α-hetero) is 1. The zero-order chi connectivity index (χ0) is 23.7. The average Bonchev–Trinajstić information content (AvgIpc) is 3.25. The number of hydrogen-bond donors (Lipinski definition) is 2. The van der Waals surface area contributed by atoms with Gasteiger partial charge in [-0.05, 0) is 29.8 Å². The van der Waals surface area contributed by atoms with Gasteiger partial charge in [0, 0.05) is 23.1 Å². The summed E-state index contributed by atoms with van der Waals surface area (Å²) in [6.45, 7) is 0. The van der Waals surface area contributed by atoms with E-state index >= 15 is 0 Å². The summed E-state index contributed by atoms with van der Waals surface area (Å²) in [6, 6.07) is 23.1. The molecule has 170 valence electrons. The number of carbonyl (C=O) groups excluding carboxylic acids is 1. The molecule has 1 aromatic heterocycles. The fourth-order valence-electron chi connectivity index (χ4n) is 3.70. The topological polar surface area (TPSA) is 141 Å². The van der Waals surface area contributed by atoms with Crippen LogP contribution >= 0.6 is 0 Å². The predicted octanol–water partition coefficient (Wildman–Crippen LogP) is 2.78. The summed E-state index contributed by atoms with van der Waals surface area (Å²) in [5.41, 5.74) is 3.87. The maximum Gasteiger partial charge on any atom is 0.317 e. The molecule has 3 N–H and O–H groups in total. The number of nitrogens with zero attached hydrogens (tertiary/aromatic N) is 3. The maximum absolute atomic E-state index is 13.0. The molecule has 0 bridgehead atoms. The third kappa shape index (κ3) is 4.36. The summed E-state index contributed by atoms with van der Waals surface area (Å²) in [5.74, 6) is 0.00993. The number of fused-ring (bicyclic) bond motifs is 1. The van der Waals surface area contributed by atoms with Crippen molar-refractivity contribution in [3.63, 3.8) is 0 Å². The van der Waals surface area contributed by atoms with E-state index in [-0.39, 0.29) is 29.0 Å². The summed E-state index contributed by atoms with van der Waals surface area (Å²) in [5, 5.41) is 16.0. The predicted molar refractivity (Wildman–Crippen MR) is 126 cm³/mol. The molecule has 34 heavy (non-hydrogen) atoms. The third-order valence-electron chi connectivity index (χ3n) is 5.36. The van der Waals surface area contributed by atoms with E-state index in [4.69, 9.17) is 14.5 Å². The lowest BCUT2D eigenvalue weighted by molar-refractivity contribution is -0.119. The molecule has 4 aromatic rings. The molecule has 1 aliphatic rings. The molecule has 0 saturated heterocycles. The standard InChI is InChI=1S/C24H19N5O4S/c25-34(31,32)18-12-10-16(11-13-18)23-28-29-24(33-23)27-22-20(30)14-17-8-4-5-9-19(17)21(26-22)15-6-2-1-3-7-15/h1-13,22H,14H2,(H,27,29)(H2,25,31,32). The minimum Gasteiger partial charge on any atom is -0.403 e. The number of hydrogen-bond acceptors (Lipinski definition) is 8. The highest BCUT2D eigenvalue weighted by Crippen LogP contribution is 2.25. The van der Waals surface area contributed by atoms with Crippen LogP contribution in [-0.2, 0) is 21.2 Å². The third-order valence-corrected chi connectivity index (χ3v) is 6.29. The van der Waals surface area contributed by atoms with Gasteiger partial charge in [-0.1, -0.05) is 59.7 Å². The van der Waals surface area contributed by atoms with Gasteiger partial charge in [-0.2, -0.15) is 0 Å². The van der Waals surface area contributed by atoms with Gasteiger partial charge in [0.25, 0.3) is 0 Å². The van der Waals surface area contributed by atoms with Crippen LogP contribution in [0.3, 0.4) is 0 Å². The second-order valence-electron chi connectivity index (χ2n) is 7.67. The fourth-order valence-corrected chi connectivity index (χ4v) is 4.22. The number of anilines is 1. The van der Waals surface area contributed by atoms with Crippen LogP contribution in [0.2, 0.25) is 0 Å². The quantitative estimate of drug-likeness (QED) is 0.454. The second-order valence-corrected chi connectivity index (χ2v) is 9.23. The molecule has 0 aliphatic carbocycles. The Bertz CT molecular complexity index is 1500. The minimum atomic E-state index is -3.81. The van der Waals surface area contributed by atoms with E-state index in [2.05, 4.69) is 15.5 Å². The van der Waals surface area contributed by atoms with Crippen LogP contribution < -0.4 is 10.5 Å². The van der Waals surface area contributed by atoms with E-state index in [9.17, 15) is 13.2 Å². The normalized spacial score (nSPS) is 15.9. The molecule has 0 radical (unpaired) electrons. The number of aliphatic imine (C=N–C) groups is 1. The number of sulfonamides is 1. The Morgan fingerprint density at radius 1 is 0.882 bits per heavy atom. The molecule has 0 saturated carbocycles. The monoisotopic (exact) mass is 473 g/mol. The Hall–Kier alpha value is -4.15. The van der Waals surface area contributed by atoms with Crippen LogP contribution in [0.15, 0.2) is 93.2 Å². The minimum absolute atomic E-state index is 0.0194. The molecular weight excluding hydrogens is 454 g/mol. The highest BCUT2D eigenvalue weighted by Gasteiger charge is 2.27. The van der Waals surface area contributed by atoms with Crippen LogP contribution in [0.5, 0.6) is 0 Å². The van der Waals surface area contributed by atoms with E-state index in [1.807, 2.05) is 54.6 Å². The highest BCUT2D eigenvalue weighted by molar-refractivity contribution is 7.89. The first kappa shape index (κ1) is 21.7. The summed E-state index contributed by atoms with van der Waals surface area (Å²) in [4.78, 5) is 17.7. The van der Waals surface area contributed by atoms with E-state index in [1.54, 1.807) is 0 Å². The first-order valence-electron chi connectivity index (χ1n) is 10.4. The Kier molecular flexibility index (Phi) is 5.52. The van der Waals surface area contributed by atoms with Crippen LogP contribution in [0.4, 0.5) is 6.01 Å². The van der Waals surface area contributed by atoms with Crippen molar-refractivity contribution in [3.05, 3.63) is 95.6 Å². The molecular formula is C24H19N5O4S. The molecule has 9 nitrogen and oxygen atoms in total. The summed E-state index contributed by atoms with van der Waals surface area (Å²) in [7, 11) is -3.81. The number of carbonyl (C=O) groups is 1. The molecule has 0 spiro atoms. The number of primary sulfonamides is 1. The smallest absolute Gasteiger partial charge is 0.317 e. The van der Waals surface area contributed by atoms with Gasteiger partial charge in [0.05, 0.1) is 10.6 Å². The molecule has 0 amide bonds. The Morgan fingerprint density at radius 2 is 1.59 bits per heavy atom. The first-order chi connectivity index (χ1) is 16.4. The van der Waals surface area contributed by atoms with E-state index in [1.165, 1.54) is 24.3 Å². The number of rotatable bonds is 5. The maximum atomic E-state index is 13.0. The largest absolute Gasteiger partial charge is 0.403 e. The van der Waals surface area contributed by atoms with Crippen LogP contribution in [0.25, 0.3) is 11.5 Å². The molecule has 1 unspecified atom stereocenters. The molecule has 5 rings (SSSR count). The van der Waals surface area contributed by atoms with Crippen LogP contribution in [0.1, 0.15) is 16.7 Å². The molecule has 2 heterocycles. The lowest BCUT2D eigenvalue weighted by Gasteiger charge is -2.11. The molecule has 0 fully saturated rings. The van der Waals surface area contributed by atoms with Crippen molar-refractivity contribution in [1.82, 2.24) is 10.2 Å². The van der Waals surface area contributed by atoms with Gasteiger partial charge in [-0.25, -0.2) is 13.6 Å². The lowest BCUT2D eigenvalue weighted by atomic mass is 9.96. The van der Waals surface area contributed by atoms with Gasteiger partial charge in [0.1, 0.15) is 0 Å². The summed E-state index contributed by atoms with van der Waals surface area (Å²) < 4.78 is 28.6. The molecule has 10 heteroatoms. The van der Waals surface area contributed by atoms with Crippen molar-refractivity contribution >= 4 is 27.5 Å². The van der Waals surface area contributed by atoms with Crippen molar-refractivity contribution in [2.75, 3.05) is 5.32 Å². The van der Waals surface area contributed by atoms with Crippen LogP contribution in [-0.4, -0.2) is 36.3 Å². The number of ketones is 1. The van der Waals surface area contributed by atoms with E-state index < -0.39 is 16.2 Å². The van der Waals surface area contributed by atoms with Gasteiger partial charge in [0.15, 0.2) is 11.9 Å².